The highest BCUT2D eigenvalue weighted by atomic mass is 16.2. The molecule has 2 fully saturated rings. The first-order valence-corrected chi connectivity index (χ1v) is 9.56. The van der Waals surface area contributed by atoms with Crippen molar-refractivity contribution in [3.63, 3.8) is 0 Å². The minimum Gasteiger partial charge on any atom is -0.351 e. The Morgan fingerprint density at radius 3 is 2.52 bits per heavy atom. The summed E-state index contributed by atoms with van der Waals surface area (Å²) in [6.07, 6.45) is 8.62. The van der Waals surface area contributed by atoms with E-state index in [-0.39, 0.29) is 11.8 Å². The fraction of sp³-hybridized carbons (Fsp3) is 0.600. The van der Waals surface area contributed by atoms with E-state index in [1.807, 2.05) is 29.2 Å². The third kappa shape index (κ3) is 4.82. The van der Waals surface area contributed by atoms with Crippen molar-refractivity contribution in [1.82, 2.24) is 5.32 Å². The Morgan fingerprint density at radius 2 is 1.88 bits per heavy atom. The molecular weight excluding hydrogens is 314 g/mol. The normalized spacial score (nSPS) is 19.9. The number of rotatable bonds is 6. The third-order valence-electron chi connectivity index (χ3n) is 5.44. The highest BCUT2D eigenvalue weighted by Crippen LogP contribution is 2.27. The van der Waals surface area contributed by atoms with Crippen molar-refractivity contribution in [3.05, 3.63) is 29.8 Å². The minimum absolute atomic E-state index is 0.0654. The fourth-order valence-electron chi connectivity index (χ4n) is 3.92. The van der Waals surface area contributed by atoms with Gasteiger partial charge in [0.15, 0.2) is 0 Å². The zero-order chi connectivity index (χ0) is 17.6. The van der Waals surface area contributed by atoms with Gasteiger partial charge in [0.2, 0.25) is 11.8 Å². The molecule has 0 radical (unpaired) electrons. The topological polar surface area (TPSA) is 75.4 Å². The highest BCUT2D eigenvalue weighted by Gasteiger charge is 2.22. The van der Waals surface area contributed by atoms with E-state index in [0.717, 1.165) is 30.6 Å². The van der Waals surface area contributed by atoms with Crippen molar-refractivity contribution in [2.24, 2.45) is 11.7 Å². The number of nitrogens with two attached hydrogens (primary N) is 1. The van der Waals surface area contributed by atoms with E-state index >= 15 is 0 Å². The van der Waals surface area contributed by atoms with Crippen molar-refractivity contribution in [2.75, 3.05) is 11.4 Å². The number of carbonyl (C=O) groups is 2. The Kier molecular flexibility index (Phi) is 6.08. The molecule has 1 aromatic rings. The van der Waals surface area contributed by atoms with E-state index in [4.69, 9.17) is 5.73 Å². The van der Waals surface area contributed by atoms with Crippen LogP contribution in [-0.2, 0) is 16.1 Å². The van der Waals surface area contributed by atoms with Crippen LogP contribution in [-0.4, -0.2) is 24.4 Å². The minimum atomic E-state index is -0.412. The van der Waals surface area contributed by atoms with Crippen molar-refractivity contribution >= 4 is 17.5 Å². The molecule has 0 bridgehead atoms. The Labute approximate surface area is 150 Å². The van der Waals surface area contributed by atoms with Gasteiger partial charge in [0.25, 0.3) is 0 Å². The van der Waals surface area contributed by atoms with Gasteiger partial charge in [-0.3, -0.25) is 9.59 Å². The van der Waals surface area contributed by atoms with Crippen molar-refractivity contribution in [1.29, 1.82) is 0 Å². The van der Waals surface area contributed by atoms with E-state index in [0.29, 0.717) is 18.9 Å². The summed E-state index contributed by atoms with van der Waals surface area (Å²) in [6, 6.07) is 7.42. The zero-order valence-corrected chi connectivity index (χ0v) is 14.9. The summed E-state index contributed by atoms with van der Waals surface area (Å²) in [5, 5.41) is 2.94. The lowest BCUT2D eigenvalue weighted by molar-refractivity contribution is -0.123. The van der Waals surface area contributed by atoms with Crippen LogP contribution >= 0.6 is 0 Å². The smallest absolute Gasteiger partial charge is 0.237 e. The number of nitrogens with one attached hydrogen (secondary N) is 1. The number of amides is 2. The maximum atomic E-state index is 12.2. The van der Waals surface area contributed by atoms with E-state index < -0.39 is 6.04 Å². The highest BCUT2D eigenvalue weighted by molar-refractivity contribution is 5.95. The van der Waals surface area contributed by atoms with Crippen LogP contribution in [0.3, 0.4) is 0 Å². The van der Waals surface area contributed by atoms with Crippen LogP contribution in [0, 0.1) is 5.92 Å². The van der Waals surface area contributed by atoms with Gasteiger partial charge >= 0.3 is 0 Å². The predicted molar refractivity (Wildman–Crippen MR) is 99.0 cm³/mol. The molecule has 136 valence electrons. The van der Waals surface area contributed by atoms with E-state index in [1.54, 1.807) is 0 Å². The average molecular weight is 343 g/mol. The molecule has 0 aromatic heterocycles. The average Bonchev–Trinajstić information content (AvgIpc) is 3.07. The first-order chi connectivity index (χ1) is 12.1. The molecule has 1 unspecified atom stereocenters. The number of anilines is 1. The summed E-state index contributed by atoms with van der Waals surface area (Å²) in [5.41, 5.74) is 8.04. The third-order valence-corrected chi connectivity index (χ3v) is 5.44. The first kappa shape index (κ1) is 17.9. The molecule has 3 N–H and O–H groups in total. The molecule has 2 aliphatic rings. The van der Waals surface area contributed by atoms with Gasteiger partial charge in [-0.05, 0) is 36.5 Å². The van der Waals surface area contributed by atoms with E-state index in [2.05, 4.69) is 5.32 Å². The van der Waals surface area contributed by atoms with Gasteiger partial charge in [-0.2, -0.15) is 0 Å². The van der Waals surface area contributed by atoms with Gasteiger partial charge < -0.3 is 16.0 Å². The molecule has 3 rings (SSSR count). The zero-order valence-electron chi connectivity index (χ0n) is 14.9. The van der Waals surface area contributed by atoms with E-state index in [9.17, 15) is 9.59 Å². The Balaban J connectivity index is 1.45. The van der Waals surface area contributed by atoms with Gasteiger partial charge in [0.05, 0.1) is 6.04 Å². The van der Waals surface area contributed by atoms with Crippen molar-refractivity contribution in [3.8, 4) is 0 Å². The second-order valence-corrected chi connectivity index (χ2v) is 7.38. The van der Waals surface area contributed by atoms with Crippen LogP contribution in [0.15, 0.2) is 24.3 Å². The molecule has 0 spiro atoms. The molecule has 1 aromatic carbocycles. The van der Waals surface area contributed by atoms with Gasteiger partial charge in [-0.25, -0.2) is 0 Å². The van der Waals surface area contributed by atoms with E-state index in [1.165, 1.54) is 32.1 Å². The summed E-state index contributed by atoms with van der Waals surface area (Å²) in [7, 11) is 0. The Hall–Kier alpha value is -1.88. The molecule has 2 amide bonds. The van der Waals surface area contributed by atoms with Crippen LogP contribution in [0.4, 0.5) is 5.69 Å². The van der Waals surface area contributed by atoms with Crippen LogP contribution < -0.4 is 16.0 Å². The first-order valence-electron chi connectivity index (χ1n) is 9.56. The predicted octanol–water partition coefficient (Wildman–Crippen LogP) is 2.73. The van der Waals surface area contributed by atoms with Crippen LogP contribution in [0.1, 0.15) is 56.9 Å². The molecule has 1 saturated heterocycles. The largest absolute Gasteiger partial charge is 0.351 e. The maximum Gasteiger partial charge on any atom is 0.237 e. The molecular formula is C20H29N3O2. The fourth-order valence-corrected chi connectivity index (χ4v) is 3.92. The SMILES string of the molecule is NC(CC1CCCCC1)C(=O)NCc1ccc(N2CCCC2=O)cc1. The summed E-state index contributed by atoms with van der Waals surface area (Å²) in [5.74, 6) is 0.728. The van der Waals surface area contributed by atoms with Gasteiger partial charge in [-0.15, -0.1) is 0 Å². The molecule has 1 aliphatic carbocycles. The van der Waals surface area contributed by atoms with Gasteiger partial charge in [-0.1, -0.05) is 44.2 Å². The summed E-state index contributed by atoms with van der Waals surface area (Å²) >= 11 is 0. The number of carbonyl (C=O) groups excluding carboxylic acids is 2. The van der Waals surface area contributed by atoms with Crippen LogP contribution in [0.25, 0.3) is 0 Å². The number of hydrogen-bond donors (Lipinski definition) is 2. The monoisotopic (exact) mass is 343 g/mol. The van der Waals surface area contributed by atoms with Gasteiger partial charge in [0, 0.05) is 25.2 Å². The second-order valence-electron chi connectivity index (χ2n) is 7.38. The maximum absolute atomic E-state index is 12.2. The quantitative estimate of drug-likeness (QED) is 0.834. The second kappa shape index (κ2) is 8.48. The lowest BCUT2D eigenvalue weighted by atomic mass is 9.85. The molecule has 5 heteroatoms. The molecule has 5 nitrogen and oxygen atoms in total. The van der Waals surface area contributed by atoms with Crippen LogP contribution in [0.2, 0.25) is 0 Å². The van der Waals surface area contributed by atoms with Gasteiger partial charge in [0.1, 0.15) is 0 Å². The number of hydrogen-bond acceptors (Lipinski definition) is 3. The lowest BCUT2D eigenvalue weighted by Gasteiger charge is -2.24. The lowest BCUT2D eigenvalue weighted by Crippen LogP contribution is -2.41. The molecule has 1 saturated carbocycles. The van der Waals surface area contributed by atoms with Crippen molar-refractivity contribution in [2.45, 2.75) is 64.0 Å². The number of nitrogens with zero attached hydrogens (tertiary/aromatic N) is 1. The number of benzene rings is 1. The molecule has 1 atom stereocenters. The molecule has 1 aliphatic heterocycles. The molecule has 25 heavy (non-hydrogen) atoms. The van der Waals surface area contributed by atoms with Crippen LogP contribution in [0.5, 0.6) is 0 Å². The summed E-state index contributed by atoms with van der Waals surface area (Å²) in [4.78, 5) is 25.8. The molecule has 1 heterocycles. The van der Waals surface area contributed by atoms with Crippen molar-refractivity contribution < 1.29 is 9.59 Å². The standard InChI is InChI=1S/C20H29N3O2/c21-18(13-15-5-2-1-3-6-15)20(25)22-14-16-8-10-17(11-9-16)23-12-4-7-19(23)24/h8-11,15,18H,1-7,12-14,21H2,(H,22,25). The summed E-state index contributed by atoms with van der Waals surface area (Å²) in [6.45, 7) is 1.27. The Morgan fingerprint density at radius 1 is 1.16 bits per heavy atom. The summed E-state index contributed by atoms with van der Waals surface area (Å²) < 4.78 is 0. The Bertz CT molecular complexity index is 593.